The first-order chi connectivity index (χ1) is 14.3. The van der Waals surface area contributed by atoms with Crippen molar-refractivity contribution in [3.63, 3.8) is 0 Å². The van der Waals surface area contributed by atoms with Gasteiger partial charge >= 0.3 is 0 Å². The van der Waals surface area contributed by atoms with Crippen LogP contribution in [-0.4, -0.2) is 19.0 Å². The van der Waals surface area contributed by atoms with E-state index in [4.69, 9.17) is 4.74 Å². The van der Waals surface area contributed by atoms with Gasteiger partial charge in [-0.2, -0.15) is 0 Å². The van der Waals surface area contributed by atoms with E-state index >= 15 is 0 Å². The Kier molecular flexibility index (Phi) is 6.10. The van der Waals surface area contributed by atoms with Gasteiger partial charge in [-0.1, -0.05) is 48.5 Å². The van der Waals surface area contributed by atoms with Crippen LogP contribution in [0, 0.1) is 0 Å². The number of carbonyl (C=O) groups excluding carboxylic acids is 1. The fourth-order valence-electron chi connectivity index (χ4n) is 3.65. The summed E-state index contributed by atoms with van der Waals surface area (Å²) in [6, 6.07) is 26.2. The molecule has 29 heavy (non-hydrogen) atoms. The van der Waals surface area contributed by atoms with Gasteiger partial charge in [0, 0.05) is 30.9 Å². The number of hydrogen-bond donors (Lipinski definition) is 1. The van der Waals surface area contributed by atoms with Crippen molar-refractivity contribution >= 4 is 17.3 Å². The van der Waals surface area contributed by atoms with Crippen molar-refractivity contribution in [2.45, 2.75) is 25.9 Å². The van der Waals surface area contributed by atoms with Crippen LogP contribution in [0.25, 0.3) is 0 Å². The molecule has 0 aliphatic carbocycles. The Morgan fingerprint density at radius 1 is 0.931 bits per heavy atom. The first kappa shape index (κ1) is 19.1. The Bertz CT molecular complexity index is 939. The van der Waals surface area contributed by atoms with Crippen molar-refractivity contribution < 1.29 is 9.53 Å². The number of rotatable bonds is 7. The van der Waals surface area contributed by atoms with Gasteiger partial charge in [0.1, 0.15) is 12.4 Å². The molecular weight excluding hydrogens is 360 g/mol. The third-order valence-electron chi connectivity index (χ3n) is 5.18. The molecule has 1 amide bonds. The van der Waals surface area contributed by atoms with Crippen LogP contribution >= 0.6 is 0 Å². The maximum Gasteiger partial charge on any atom is 0.228 e. The molecule has 4 heteroatoms. The van der Waals surface area contributed by atoms with Gasteiger partial charge < -0.3 is 15.0 Å². The quantitative estimate of drug-likeness (QED) is 0.618. The third kappa shape index (κ3) is 4.96. The number of nitrogens with zero attached hydrogens (tertiary/aromatic N) is 1. The number of amides is 1. The van der Waals surface area contributed by atoms with E-state index < -0.39 is 0 Å². The number of ether oxygens (including phenoxy) is 1. The Labute approximate surface area is 172 Å². The second-order valence-corrected chi connectivity index (χ2v) is 7.25. The van der Waals surface area contributed by atoms with Crippen molar-refractivity contribution in [3.05, 3.63) is 90.0 Å². The van der Waals surface area contributed by atoms with Gasteiger partial charge in [-0.3, -0.25) is 4.79 Å². The van der Waals surface area contributed by atoms with Crippen LogP contribution in [0.5, 0.6) is 5.75 Å². The molecule has 0 atom stereocenters. The number of hydrogen-bond acceptors (Lipinski definition) is 3. The molecule has 0 saturated carbocycles. The largest absolute Gasteiger partial charge is 0.489 e. The standard InChI is InChI=1S/C25H26N2O2/c28-25(27-18-6-10-21-9-4-5-11-24(21)27)16-17-26-22-12-14-23(15-13-22)29-19-20-7-2-1-3-8-20/h1-5,7-9,11-15,26H,6,10,16-19H2. The van der Waals surface area contributed by atoms with E-state index in [0.29, 0.717) is 19.6 Å². The summed E-state index contributed by atoms with van der Waals surface area (Å²) in [5.41, 5.74) is 4.48. The molecule has 3 aromatic carbocycles. The van der Waals surface area contributed by atoms with Crippen molar-refractivity contribution in [1.29, 1.82) is 0 Å². The van der Waals surface area contributed by atoms with Gasteiger partial charge in [0.15, 0.2) is 0 Å². The minimum Gasteiger partial charge on any atom is -0.489 e. The highest BCUT2D eigenvalue weighted by Crippen LogP contribution is 2.27. The number of aryl methyl sites for hydroxylation is 1. The highest BCUT2D eigenvalue weighted by atomic mass is 16.5. The van der Waals surface area contributed by atoms with E-state index in [1.807, 2.05) is 77.7 Å². The summed E-state index contributed by atoms with van der Waals surface area (Å²) >= 11 is 0. The molecule has 1 N–H and O–H groups in total. The molecule has 3 aromatic rings. The minimum atomic E-state index is 0.174. The third-order valence-corrected chi connectivity index (χ3v) is 5.18. The van der Waals surface area contributed by atoms with E-state index in [1.165, 1.54) is 5.56 Å². The van der Waals surface area contributed by atoms with Crippen molar-refractivity contribution in [3.8, 4) is 5.75 Å². The second kappa shape index (κ2) is 9.28. The summed E-state index contributed by atoms with van der Waals surface area (Å²) in [5.74, 6) is 1.01. The first-order valence-corrected chi connectivity index (χ1v) is 10.2. The number of para-hydroxylation sites is 1. The van der Waals surface area contributed by atoms with Crippen molar-refractivity contribution in [2.24, 2.45) is 0 Å². The molecule has 0 saturated heterocycles. The van der Waals surface area contributed by atoms with Gasteiger partial charge in [0.2, 0.25) is 5.91 Å². The van der Waals surface area contributed by atoms with Crippen LogP contribution in [0.3, 0.4) is 0 Å². The lowest BCUT2D eigenvalue weighted by Gasteiger charge is -2.29. The number of fused-ring (bicyclic) bond motifs is 1. The van der Waals surface area contributed by atoms with E-state index in [-0.39, 0.29) is 5.91 Å². The molecule has 1 aliphatic rings. The fraction of sp³-hybridized carbons (Fsp3) is 0.240. The molecular formula is C25H26N2O2. The lowest BCUT2D eigenvalue weighted by atomic mass is 10.0. The normalized spacial score (nSPS) is 12.9. The van der Waals surface area contributed by atoms with E-state index in [0.717, 1.165) is 42.1 Å². The van der Waals surface area contributed by atoms with Crippen LogP contribution in [0.2, 0.25) is 0 Å². The van der Waals surface area contributed by atoms with Crippen LogP contribution in [-0.2, 0) is 17.8 Å². The highest BCUT2D eigenvalue weighted by Gasteiger charge is 2.21. The average molecular weight is 386 g/mol. The maximum atomic E-state index is 12.7. The van der Waals surface area contributed by atoms with Crippen molar-refractivity contribution in [1.82, 2.24) is 0 Å². The summed E-state index contributed by atoms with van der Waals surface area (Å²) in [7, 11) is 0. The van der Waals surface area contributed by atoms with Gasteiger partial charge in [-0.05, 0) is 54.3 Å². The monoisotopic (exact) mass is 386 g/mol. The number of benzene rings is 3. The van der Waals surface area contributed by atoms with Gasteiger partial charge in [-0.25, -0.2) is 0 Å². The zero-order chi connectivity index (χ0) is 19.9. The minimum absolute atomic E-state index is 0.174. The number of carbonyl (C=O) groups is 1. The summed E-state index contributed by atoms with van der Waals surface area (Å²) < 4.78 is 5.81. The van der Waals surface area contributed by atoms with Gasteiger partial charge in [-0.15, -0.1) is 0 Å². The highest BCUT2D eigenvalue weighted by molar-refractivity contribution is 5.94. The number of nitrogens with one attached hydrogen (secondary N) is 1. The molecule has 0 aromatic heterocycles. The maximum absolute atomic E-state index is 12.7. The Hall–Kier alpha value is -3.27. The summed E-state index contributed by atoms with van der Waals surface area (Å²) in [6.07, 6.45) is 2.55. The predicted octanol–water partition coefficient (Wildman–Crippen LogP) is 5.05. The van der Waals surface area contributed by atoms with Gasteiger partial charge in [0.25, 0.3) is 0 Å². The van der Waals surface area contributed by atoms with Crippen molar-refractivity contribution in [2.75, 3.05) is 23.3 Å². The van der Waals surface area contributed by atoms with E-state index in [1.54, 1.807) is 0 Å². The molecule has 1 heterocycles. The second-order valence-electron chi connectivity index (χ2n) is 7.25. The smallest absolute Gasteiger partial charge is 0.228 e. The zero-order valence-electron chi connectivity index (χ0n) is 16.5. The SMILES string of the molecule is O=C(CCNc1ccc(OCc2ccccc2)cc1)N1CCCc2ccccc21. The van der Waals surface area contributed by atoms with Gasteiger partial charge in [0.05, 0.1) is 0 Å². The Morgan fingerprint density at radius 2 is 1.69 bits per heavy atom. The van der Waals surface area contributed by atoms with Crippen LogP contribution in [0.4, 0.5) is 11.4 Å². The molecule has 0 fully saturated rings. The topological polar surface area (TPSA) is 41.6 Å². The lowest BCUT2D eigenvalue weighted by Crippen LogP contribution is -2.36. The zero-order valence-corrected chi connectivity index (χ0v) is 16.5. The summed E-state index contributed by atoms with van der Waals surface area (Å²) in [5, 5.41) is 3.34. The molecule has 0 bridgehead atoms. The summed E-state index contributed by atoms with van der Waals surface area (Å²) in [6.45, 7) is 1.98. The molecule has 0 unspecified atom stereocenters. The first-order valence-electron chi connectivity index (χ1n) is 10.2. The molecule has 0 spiro atoms. The molecule has 4 nitrogen and oxygen atoms in total. The molecule has 0 radical (unpaired) electrons. The molecule has 1 aliphatic heterocycles. The van der Waals surface area contributed by atoms with E-state index in [9.17, 15) is 4.79 Å². The fourth-order valence-corrected chi connectivity index (χ4v) is 3.65. The Balaban J connectivity index is 1.25. The number of anilines is 2. The van der Waals surface area contributed by atoms with Crippen LogP contribution < -0.4 is 15.0 Å². The van der Waals surface area contributed by atoms with E-state index in [2.05, 4.69) is 11.4 Å². The predicted molar refractivity (Wildman–Crippen MR) is 117 cm³/mol. The Morgan fingerprint density at radius 3 is 2.52 bits per heavy atom. The molecule has 148 valence electrons. The van der Waals surface area contributed by atoms with Crippen LogP contribution in [0.15, 0.2) is 78.9 Å². The summed E-state index contributed by atoms with van der Waals surface area (Å²) in [4.78, 5) is 14.6. The molecule has 4 rings (SSSR count). The van der Waals surface area contributed by atoms with Crippen LogP contribution in [0.1, 0.15) is 24.0 Å². The average Bonchev–Trinajstić information content (AvgIpc) is 2.79. The lowest BCUT2D eigenvalue weighted by molar-refractivity contribution is -0.118.